The Morgan fingerprint density at radius 2 is 2.00 bits per heavy atom. The minimum atomic E-state index is -0.164. The lowest BCUT2D eigenvalue weighted by molar-refractivity contribution is -0.122. The zero-order chi connectivity index (χ0) is 12.5. The number of aliphatic hydroxyl groups is 1. The molecule has 1 amide bonds. The van der Waals surface area contributed by atoms with E-state index in [0.717, 1.165) is 38.9 Å². The molecule has 1 saturated heterocycles. The average molecular weight is 242 g/mol. The van der Waals surface area contributed by atoms with Crippen molar-refractivity contribution in [3.8, 4) is 0 Å². The molecule has 1 aliphatic rings. The highest BCUT2D eigenvalue weighted by molar-refractivity contribution is 5.77. The molecule has 1 aliphatic heterocycles. The third-order valence-corrected chi connectivity index (χ3v) is 3.28. The summed E-state index contributed by atoms with van der Waals surface area (Å²) < 4.78 is 0. The lowest BCUT2D eigenvalue weighted by Crippen LogP contribution is -2.42. The fourth-order valence-corrected chi connectivity index (χ4v) is 2.12. The highest BCUT2D eigenvalue weighted by Crippen LogP contribution is 2.08. The zero-order valence-corrected chi connectivity index (χ0v) is 11.0. The third-order valence-electron chi connectivity index (χ3n) is 3.28. The van der Waals surface area contributed by atoms with Gasteiger partial charge in [0.25, 0.3) is 0 Å². The lowest BCUT2D eigenvalue weighted by atomic mass is 10.1. The summed E-state index contributed by atoms with van der Waals surface area (Å²) in [5, 5.41) is 12.3. The highest BCUT2D eigenvalue weighted by Gasteiger charge is 2.18. The smallest absolute Gasteiger partial charge is 0.234 e. The fraction of sp³-hybridized carbons (Fsp3) is 0.923. The Morgan fingerprint density at radius 1 is 1.29 bits per heavy atom. The van der Waals surface area contributed by atoms with E-state index in [2.05, 4.69) is 17.1 Å². The van der Waals surface area contributed by atoms with Crippen molar-refractivity contribution in [1.82, 2.24) is 10.2 Å². The van der Waals surface area contributed by atoms with Crippen LogP contribution in [-0.2, 0) is 4.79 Å². The number of carbonyl (C=O) groups excluding carboxylic acids is 1. The number of likely N-dealkylation sites (tertiary alicyclic amines) is 1. The van der Waals surface area contributed by atoms with Gasteiger partial charge in [-0.2, -0.15) is 0 Å². The number of aliphatic hydroxyl groups excluding tert-OH is 1. The Kier molecular flexibility index (Phi) is 7.21. The van der Waals surface area contributed by atoms with Gasteiger partial charge in [0.15, 0.2) is 0 Å². The largest absolute Gasteiger partial charge is 0.393 e. The fourth-order valence-electron chi connectivity index (χ4n) is 2.12. The molecule has 4 heteroatoms. The molecular weight excluding hydrogens is 216 g/mol. The van der Waals surface area contributed by atoms with E-state index in [0.29, 0.717) is 6.54 Å². The summed E-state index contributed by atoms with van der Waals surface area (Å²) >= 11 is 0. The van der Waals surface area contributed by atoms with Crippen molar-refractivity contribution in [1.29, 1.82) is 0 Å². The zero-order valence-electron chi connectivity index (χ0n) is 11.0. The number of amides is 1. The summed E-state index contributed by atoms with van der Waals surface area (Å²) in [6.45, 7) is 5.15. The van der Waals surface area contributed by atoms with E-state index in [1.165, 1.54) is 19.3 Å². The number of nitrogens with zero attached hydrogens (tertiary/aromatic N) is 1. The van der Waals surface area contributed by atoms with E-state index in [4.69, 9.17) is 0 Å². The van der Waals surface area contributed by atoms with Gasteiger partial charge in [-0.25, -0.2) is 0 Å². The van der Waals surface area contributed by atoms with Gasteiger partial charge in [-0.05, 0) is 19.3 Å². The maximum Gasteiger partial charge on any atom is 0.234 e. The van der Waals surface area contributed by atoms with Crippen molar-refractivity contribution in [2.24, 2.45) is 0 Å². The summed E-state index contributed by atoms with van der Waals surface area (Å²) in [4.78, 5) is 13.7. The molecule has 4 nitrogen and oxygen atoms in total. The van der Waals surface area contributed by atoms with E-state index in [1.54, 1.807) is 0 Å². The second-order valence-corrected chi connectivity index (χ2v) is 4.92. The van der Waals surface area contributed by atoms with Crippen LogP contribution in [0.25, 0.3) is 0 Å². The Bertz CT molecular complexity index is 213. The first-order chi connectivity index (χ1) is 8.22. The molecule has 0 aromatic rings. The van der Waals surface area contributed by atoms with Crippen LogP contribution in [-0.4, -0.2) is 48.2 Å². The van der Waals surface area contributed by atoms with Crippen molar-refractivity contribution in [3.63, 3.8) is 0 Å². The Balaban J connectivity index is 2.00. The first kappa shape index (κ1) is 14.5. The molecular formula is C13H26N2O2. The SMILES string of the molecule is CCCCCCNC(=O)CN1CCC(O)CC1. The van der Waals surface area contributed by atoms with E-state index in [9.17, 15) is 9.90 Å². The van der Waals surface area contributed by atoms with Crippen LogP contribution in [0.5, 0.6) is 0 Å². The Labute approximate surface area is 104 Å². The highest BCUT2D eigenvalue weighted by atomic mass is 16.3. The van der Waals surface area contributed by atoms with Crippen molar-refractivity contribution >= 4 is 5.91 Å². The molecule has 2 N–H and O–H groups in total. The second kappa shape index (κ2) is 8.48. The summed E-state index contributed by atoms with van der Waals surface area (Å²) in [5.41, 5.74) is 0. The van der Waals surface area contributed by atoms with Crippen LogP contribution in [0.3, 0.4) is 0 Å². The summed E-state index contributed by atoms with van der Waals surface area (Å²) in [6, 6.07) is 0. The topological polar surface area (TPSA) is 52.6 Å². The molecule has 0 radical (unpaired) electrons. The molecule has 100 valence electrons. The van der Waals surface area contributed by atoms with Crippen LogP contribution in [0.4, 0.5) is 0 Å². The normalized spacial score (nSPS) is 18.2. The minimum absolute atomic E-state index is 0.123. The molecule has 0 saturated carbocycles. The van der Waals surface area contributed by atoms with Crippen LogP contribution >= 0.6 is 0 Å². The number of nitrogens with one attached hydrogen (secondary N) is 1. The predicted octanol–water partition coefficient (Wildman–Crippen LogP) is 1.14. The Hall–Kier alpha value is -0.610. The van der Waals surface area contributed by atoms with E-state index in [1.807, 2.05) is 0 Å². The molecule has 0 bridgehead atoms. The second-order valence-electron chi connectivity index (χ2n) is 4.92. The molecule has 0 spiro atoms. The van der Waals surface area contributed by atoms with E-state index >= 15 is 0 Å². The quantitative estimate of drug-likeness (QED) is 0.658. The van der Waals surface area contributed by atoms with Crippen LogP contribution in [0.15, 0.2) is 0 Å². The molecule has 17 heavy (non-hydrogen) atoms. The van der Waals surface area contributed by atoms with Gasteiger partial charge in [-0.3, -0.25) is 9.69 Å². The summed E-state index contributed by atoms with van der Waals surface area (Å²) in [7, 11) is 0. The van der Waals surface area contributed by atoms with Crippen molar-refractivity contribution in [2.45, 2.75) is 51.6 Å². The molecule has 0 aliphatic carbocycles. The first-order valence-corrected chi connectivity index (χ1v) is 6.89. The first-order valence-electron chi connectivity index (χ1n) is 6.89. The van der Waals surface area contributed by atoms with Gasteiger partial charge in [0.2, 0.25) is 5.91 Å². The monoisotopic (exact) mass is 242 g/mol. The van der Waals surface area contributed by atoms with Gasteiger partial charge >= 0.3 is 0 Å². The van der Waals surface area contributed by atoms with Gasteiger partial charge in [-0.15, -0.1) is 0 Å². The maximum atomic E-state index is 11.6. The Morgan fingerprint density at radius 3 is 2.65 bits per heavy atom. The van der Waals surface area contributed by atoms with Gasteiger partial charge < -0.3 is 10.4 Å². The van der Waals surface area contributed by atoms with Gasteiger partial charge in [0, 0.05) is 19.6 Å². The lowest BCUT2D eigenvalue weighted by Gasteiger charge is -2.28. The number of piperidine rings is 1. The number of carbonyl (C=O) groups is 1. The molecule has 0 atom stereocenters. The molecule has 0 aromatic carbocycles. The molecule has 0 aromatic heterocycles. The van der Waals surface area contributed by atoms with Gasteiger partial charge in [0.05, 0.1) is 12.6 Å². The van der Waals surface area contributed by atoms with Crippen LogP contribution in [0.1, 0.15) is 45.4 Å². The number of rotatable bonds is 7. The van der Waals surface area contributed by atoms with Crippen LogP contribution < -0.4 is 5.32 Å². The molecule has 1 fully saturated rings. The van der Waals surface area contributed by atoms with Crippen molar-refractivity contribution < 1.29 is 9.90 Å². The predicted molar refractivity (Wildman–Crippen MR) is 68.8 cm³/mol. The molecule has 1 rings (SSSR count). The summed E-state index contributed by atoms with van der Waals surface area (Å²) in [6.07, 6.45) is 6.19. The van der Waals surface area contributed by atoms with Crippen LogP contribution in [0.2, 0.25) is 0 Å². The minimum Gasteiger partial charge on any atom is -0.393 e. The van der Waals surface area contributed by atoms with E-state index in [-0.39, 0.29) is 12.0 Å². The molecule has 0 unspecified atom stereocenters. The average Bonchev–Trinajstić information content (AvgIpc) is 2.32. The van der Waals surface area contributed by atoms with Crippen LogP contribution in [0, 0.1) is 0 Å². The van der Waals surface area contributed by atoms with Gasteiger partial charge in [0.1, 0.15) is 0 Å². The number of hydrogen-bond donors (Lipinski definition) is 2. The van der Waals surface area contributed by atoms with Crippen molar-refractivity contribution in [2.75, 3.05) is 26.2 Å². The third kappa shape index (κ3) is 6.64. The van der Waals surface area contributed by atoms with E-state index < -0.39 is 0 Å². The summed E-state index contributed by atoms with van der Waals surface area (Å²) in [5.74, 6) is 0.123. The molecule has 1 heterocycles. The number of hydrogen-bond acceptors (Lipinski definition) is 3. The number of unbranched alkanes of at least 4 members (excludes halogenated alkanes) is 3. The standard InChI is InChI=1S/C13H26N2O2/c1-2-3-4-5-8-14-13(17)11-15-9-6-12(16)7-10-15/h12,16H,2-11H2,1H3,(H,14,17). The van der Waals surface area contributed by atoms with Gasteiger partial charge in [-0.1, -0.05) is 26.2 Å². The van der Waals surface area contributed by atoms with Crippen molar-refractivity contribution in [3.05, 3.63) is 0 Å². The maximum absolute atomic E-state index is 11.6.